The molecule has 0 atom stereocenters. The van der Waals surface area contributed by atoms with E-state index in [4.69, 9.17) is 8.83 Å². The van der Waals surface area contributed by atoms with Crippen molar-refractivity contribution >= 4 is 15.9 Å². The first-order chi connectivity index (χ1) is 11.5. The Bertz CT molecular complexity index is 970. The molecule has 3 rings (SSSR count). The number of furan rings is 1. The number of hydrogen-bond donors (Lipinski definition) is 0. The van der Waals surface area contributed by atoms with E-state index in [0.29, 0.717) is 11.3 Å². The second kappa shape index (κ2) is 6.22. The van der Waals surface area contributed by atoms with E-state index in [0.717, 1.165) is 10.6 Å². The van der Waals surface area contributed by atoms with Crippen LogP contribution in [0.15, 0.2) is 57.6 Å². The molecule has 1 aromatic carbocycles. The van der Waals surface area contributed by atoms with Crippen LogP contribution in [0.4, 0.5) is 5.88 Å². The van der Waals surface area contributed by atoms with Crippen LogP contribution in [0.3, 0.4) is 0 Å². The van der Waals surface area contributed by atoms with Crippen molar-refractivity contribution in [2.75, 3.05) is 10.6 Å². The predicted octanol–water partition coefficient (Wildman–Crippen LogP) is 2.77. The van der Waals surface area contributed by atoms with Gasteiger partial charge in [-0.1, -0.05) is 18.2 Å². The van der Waals surface area contributed by atoms with Crippen LogP contribution in [-0.4, -0.2) is 19.7 Å². The molecule has 0 bridgehead atoms. The van der Waals surface area contributed by atoms with Crippen LogP contribution in [0.25, 0.3) is 11.5 Å². The number of benzene rings is 1. The highest BCUT2D eigenvalue weighted by Gasteiger charge is 2.28. The number of sulfonamides is 1. The number of hydrogen-bond acceptors (Lipinski definition) is 6. The number of aromatic nitrogens is 1. The Kier molecular flexibility index (Phi) is 4.10. The van der Waals surface area contributed by atoms with Gasteiger partial charge in [-0.3, -0.25) is 0 Å². The van der Waals surface area contributed by atoms with Crippen LogP contribution in [0.1, 0.15) is 11.5 Å². The lowest BCUT2D eigenvalue weighted by Crippen LogP contribution is -2.29. The molecule has 0 unspecified atom stereocenters. The first kappa shape index (κ1) is 15.8. The van der Waals surface area contributed by atoms with E-state index in [1.54, 1.807) is 36.4 Å². The molecule has 0 radical (unpaired) electrons. The SMILES string of the molecule is CS(=O)(=O)N(Cc1ccco1)c1oc(-c2ccccc2)nc1C#N. The Morgan fingerprint density at radius 3 is 2.54 bits per heavy atom. The van der Waals surface area contributed by atoms with Gasteiger partial charge in [0, 0.05) is 5.56 Å². The Labute approximate surface area is 138 Å². The van der Waals surface area contributed by atoms with Crippen LogP contribution in [0, 0.1) is 11.3 Å². The molecule has 2 heterocycles. The summed E-state index contributed by atoms with van der Waals surface area (Å²) in [7, 11) is -3.71. The van der Waals surface area contributed by atoms with Gasteiger partial charge in [-0.2, -0.15) is 10.2 Å². The van der Waals surface area contributed by atoms with Crippen LogP contribution in [0.5, 0.6) is 0 Å². The molecule has 8 heteroatoms. The van der Waals surface area contributed by atoms with E-state index in [1.165, 1.54) is 6.26 Å². The van der Waals surface area contributed by atoms with Crippen molar-refractivity contribution in [1.82, 2.24) is 4.98 Å². The summed E-state index contributed by atoms with van der Waals surface area (Å²) in [6, 6.07) is 14.1. The van der Waals surface area contributed by atoms with Gasteiger partial charge < -0.3 is 8.83 Å². The first-order valence-electron chi connectivity index (χ1n) is 6.95. The highest BCUT2D eigenvalue weighted by Crippen LogP contribution is 2.30. The van der Waals surface area contributed by atoms with Crippen molar-refractivity contribution in [1.29, 1.82) is 5.26 Å². The van der Waals surface area contributed by atoms with Crippen molar-refractivity contribution in [2.45, 2.75) is 6.54 Å². The van der Waals surface area contributed by atoms with E-state index in [2.05, 4.69) is 4.98 Å². The molecule has 0 spiro atoms. The maximum Gasteiger partial charge on any atom is 0.249 e. The lowest BCUT2D eigenvalue weighted by atomic mass is 10.2. The molecule has 0 saturated carbocycles. The van der Waals surface area contributed by atoms with Crippen molar-refractivity contribution in [2.24, 2.45) is 0 Å². The monoisotopic (exact) mass is 343 g/mol. The normalized spacial score (nSPS) is 11.2. The fourth-order valence-electron chi connectivity index (χ4n) is 2.14. The third-order valence-electron chi connectivity index (χ3n) is 3.24. The van der Waals surface area contributed by atoms with Crippen LogP contribution < -0.4 is 4.31 Å². The molecule has 2 aromatic heterocycles. The van der Waals surface area contributed by atoms with E-state index < -0.39 is 10.0 Å². The lowest BCUT2D eigenvalue weighted by Gasteiger charge is -2.17. The van der Waals surface area contributed by atoms with Gasteiger partial charge in [-0.25, -0.2) is 12.7 Å². The third kappa shape index (κ3) is 3.16. The summed E-state index contributed by atoms with van der Waals surface area (Å²) in [6.07, 6.45) is 2.47. The van der Waals surface area contributed by atoms with Gasteiger partial charge in [0.2, 0.25) is 27.5 Å². The summed E-state index contributed by atoms with van der Waals surface area (Å²) in [5.74, 6) is 0.465. The van der Waals surface area contributed by atoms with Gasteiger partial charge in [0.1, 0.15) is 11.8 Å². The van der Waals surface area contributed by atoms with Crippen LogP contribution in [-0.2, 0) is 16.6 Å². The molecule has 3 aromatic rings. The zero-order valence-electron chi connectivity index (χ0n) is 12.7. The number of oxazole rings is 1. The van der Waals surface area contributed by atoms with Crippen LogP contribution >= 0.6 is 0 Å². The second-order valence-electron chi connectivity index (χ2n) is 5.00. The Morgan fingerprint density at radius 2 is 1.96 bits per heavy atom. The quantitative estimate of drug-likeness (QED) is 0.706. The third-order valence-corrected chi connectivity index (χ3v) is 4.34. The summed E-state index contributed by atoms with van der Waals surface area (Å²) in [5, 5.41) is 9.30. The average Bonchev–Trinajstić information content (AvgIpc) is 3.21. The Hall–Kier alpha value is -3.05. The van der Waals surface area contributed by atoms with E-state index in [-0.39, 0.29) is 24.0 Å². The molecule has 24 heavy (non-hydrogen) atoms. The van der Waals surface area contributed by atoms with Gasteiger partial charge in [0.05, 0.1) is 19.1 Å². The molecule has 0 aliphatic rings. The maximum absolute atomic E-state index is 12.2. The largest absolute Gasteiger partial charge is 0.467 e. The van der Waals surface area contributed by atoms with E-state index >= 15 is 0 Å². The minimum absolute atomic E-state index is 0.0933. The first-order valence-corrected chi connectivity index (χ1v) is 8.80. The number of rotatable bonds is 5. The molecule has 0 N–H and O–H groups in total. The minimum atomic E-state index is -3.71. The molecule has 0 aliphatic heterocycles. The molecule has 122 valence electrons. The van der Waals surface area contributed by atoms with Crippen molar-refractivity contribution in [3.63, 3.8) is 0 Å². The standard InChI is InChI=1S/C16H13N3O4S/c1-24(20,21)19(11-13-8-5-9-22-13)16-14(10-17)18-15(23-16)12-6-3-2-4-7-12/h2-9H,11H2,1H3. The van der Waals surface area contributed by atoms with Crippen LogP contribution in [0.2, 0.25) is 0 Å². The highest BCUT2D eigenvalue weighted by atomic mass is 32.2. The summed E-state index contributed by atoms with van der Waals surface area (Å²) in [4.78, 5) is 4.10. The molecular formula is C16H13N3O4S. The van der Waals surface area contributed by atoms with Gasteiger partial charge in [0.15, 0.2) is 0 Å². The number of nitrogens with zero attached hydrogens (tertiary/aromatic N) is 3. The van der Waals surface area contributed by atoms with Gasteiger partial charge in [-0.05, 0) is 24.3 Å². The van der Waals surface area contributed by atoms with Crippen molar-refractivity contribution in [3.8, 4) is 17.5 Å². The van der Waals surface area contributed by atoms with Gasteiger partial charge in [-0.15, -0.1) is 0 Å². The fourth-order valence-corrected chi connectivity index (χ4v) is 2.93. The molecule has 0 amide bonds. The topological polar surface area (TPSA) is 100 Å². The van der Waals surface area contributed by atoms with Gasteiger partial charge in [0.25, 0.3) is 0 Å². The summed E-state index contributed by atoms with van der Waals surface area (Å²) in [6.45, 7) is -0.0933. The summed E-state index contributed by atoms with van der Waals surface area (Å²) >= 11 is 0. The van der Waals surface area contributed by atoms with Crippen molar-refractivity contribution < 1.29 is 17.3 Å². The predicted molar refractivity (Wildman–Crippen MR) is 86.4 cm³/mol. The van der Waals surface area contributed by atoms with Gasteiger partial charge >= 0.3 is 0 Å². The fraction of sp³-hybridized carbons (Fsp3) is 0.125. The maximum atomic E-state index is 12.2. The minimum Gasteiger partial charge on any atom is -0.467 e. The number of nitriles is 1. The summed E-state index contributed by atoms with van der Waals surface area (Å²) < 4.78 is 36.1. The smallest absolute Gasteiger partial charge is 0.249 e. The Balaban J connectivity index is 2.08. The van der Waals surface area contributed by atoms with E-state index in [9.17, 15) is 13.7 Å². The molecule has 0 saturated heterocycles. The average molecular weight is 343 g/mol. The second-order valence-corrected chi connectivity index (χ2v) is 6.91. The molecular weight excluding hydrogens is 330 g/mol. The van der Waals surface area contributed by atoms with Crippen molar-refractivity contribution in [3.05, 3.63) is 60.2 Å². The number of anilines is 1. The Morgan fingerprint density at radius 1 is 1.21 bits per heavy atom. The molecule has 0 fully saturated rings. The zero-order valence-corrected chi connectivity index (χ0v) is 13.5. The lowest BCUT2D eigenvalue weighted by molar-refractivity contribution is 0.497. The molecule has 7 nitrogen and oxygen atoms in total. The highest BCUT2D eigenvalue weighted by molar-refractivity contribution is 7.92. The zero-order chi connectivity index (χ0) is 17.2. The summed E-state index contributed by atoms with van der Waals surface area (Å²) in [5.41, 5.74) is 0.539. The molecule has 0 aliphatic carbocycles. The van der Waals surface area contributed by atoms with E-state index in [1.807, 2.05) is 12.1 Å².